The first-order valence-corrected chi connectivity index (χ1v) is 8.09. The van der Waals surface area contributed by atoms with Gasteiger partial charge in [0.05, 0.1) is 18.9 Å². The van der Waals surface area contributed by atoms with E-state index in [1.807, 2.05) is 18.2 Å². The van der Waals surface area contributed by atoms with Gasteiger partial charge in [-0.05, 0) is 36.2 Å². The molecule has 1 heterocycles. The van der Waals surface area contributed by atoms with Gasteiger partial charge in [-0.1, -0.05) is 30.3 Å². The summed E-state index contributed by atoms with van der Waals surface area (Å²) in [7, 11) is 1.35. The number of nitrogens with one attached hydrogen (secondary N) is 2. The molecule has 132 valence electrons. The number of nitrogens with zero attached hydrogens (tertiary/aromatic N) is 3. The number of hydrogen-bond donors (Lipinski definition) is 2. The molecule has 3 rings (SSSR count). The van der Waals surface area contributed by atoms with Crippen LogP contribution in [0.1, 0.15) is 21.5 Å². The molecule has 0 spiro atoms. The van der Waals surface area contributed by atoms with Crippen LogP contribution in [-0.4, -0.2) is 28.3 Å². The minimum atomic E-state index is -0.402. The van der Waals surface area contributed by atoms with E-state index >= 15 is 0 Å². The van der Waals surface area contributed by atoms with Crippen molar-refractivity contribution in [1.29, 1.82) is 0 Å². The highest BCUT2D eigenvalue weighted by Crippen LogP contribution is 2.16. The van der Waals surface area contributed by atoms with Gasteiger partial charge in [-0.25, -0.2) is 4.79 Å². The molecule has 7 heteroatoms. The van der Waals surface area contributed by atoms with Gasteiger partial charge in [0.1, 0.15) is 0 Å². The van der Waals surface area contributed by atoms with E-state index in [-0.39, 0.29) is 0 Å². The second-order valence-corrected chi connectivity index (χ2v) is 5.64. The van der Waals surface area contributed by atoms with Gasteiger partial charge in [-0.2, -0.15) is 10.1 Å². The second-order valence-electron chi connectivity index (χ2n) is 5.64. The minimum Gasteiger partial charge on any atom is -0.465 e. The van der Waals surface area contributed by atoms with Crippen LogP contribution in [0.15, 0.2) is 54.7 Å². The van der Waals surface area contributed by atoms with Gasteiger partial charge in [-0.3, -0.25) is 0 Å². The van der Waals surface area contributed by atoms with Crippen molar-refractivity contribution in [2.45, 2.75) is 13.5 Å². The Labute approximate surface area is 151 Å². The Morgan fingerprint density at radius 1 is 1.15 bits per heavy atom. The van der Waals surface area contributed by atoms with E-state index in [9.17, 15) is 4.79 Å². The van der Waals surface area contributed by atoms with Crippen LogP contribution in [0.3, 0.4) is 0 Å². The quantitative estimate of drug-likeness (QED) is 0.660. The van der Waals surface area contributed by atoms with Crippen molar-refractivity contribution in [1.82, 2.24) is 15.2 Å². The van der Waals surface area contributed by atoms with Crippen LogP contribution in [0.5, 0.6) is 0 Å². The summed E-state index contributed by atoms with van der Waals surface area (Å²) in [5, 5.41) is 14.2. The molecule has 0 atom stereocenters. The summed E-state index contributed by atoms with van der Waals surface area (Å²) in [6.45, 7) is 2.71. The van der Waals surface area contributed by atoms with Gasteiger partial charge >= 0.3 is 5.97 Å². The van der Waals surface area contributed by atoms with Crippen LogP contribution in [0.25, 0.3) is 0 Å². The molecule has 0 radical (unpaired) electrons. The number of esters is 1. The van der Waals surface area contributed by atoms with Crippen LogP contribution in [0, 0.1) is 6.92 Å². The molecule has 0 aliphatic rings. The number of carbonyl (C=O) groups excluding carboxylic acids is 1. The third-order valence-corrected chi connectivity index (χ3v) is 3.82. The van der Waals surface area contributed by atoms with Crippen molar-refractivity contribution in [2.24, 2.45) is 0 Å². The Bertz CT molecular complexity index is 914. The normalized spacial score (nSPS) is 10.2. The first-order chi connectivity index (χ1) is 12.7. The van der Waals surface area contributed by atoms with Crippen molar-refractivity contribution in [2.75, 3.05) is 17.7 Å². The number of hydrogen-bond acceptors (Lipinski definition) is 7. The Morgan fingerprint density at radius 2 is 2.00 bits per heavy atom. The smallest absolute Gasteiger partial charge is 0.337 e. The van der Waals surface area contributed by atoms with Crippen LogP contribution in [-0.2, 0) is 11.3 Å². The number of carbonyl (C=O) groups is 1. The maximum absolute atomic E-state index is 11.6. The van der Waals surface area contributed by atoms with E-state index in [2.05, 4.69) is 44.9 Å². The number of benzene rings is 2. The van der Waals surface area contributed by atoms with Crippen LogP contribution < -0.4 is 10.6 Å². The number of aryl methyl sites for hydroxylation is 1. The number of methoxy groups -OCH3 is 1. The number of aromatic nitrogens is 3. The lowest BCUT2D eigenvalue weighted by atomic mass is 10.1. The Kier molecular flexibility index (Phi) is 5.38. The first-order valence-electron chi connectivity index (χ1n) is 8.09. The molecule has 7 nitrogen and oxygen atoms in total. The zero-order chi connectivity index (χ0) is 18.4. The molecular weight excluding hydrogens is 330 g/mol. The van der Waals surface area contributed by atoms with Crippen molar-refractivity contribution in [3.8, 4) is 0 Å². The molecule has 0 saturated heterocycles. The van der Waals surface area contributed by atoms with Crippen molar-refractivity contribution >= 4 is 23.4 Å². The Hall–Kier alpha value is -3.48. The summed E-state index contributed by atoms with van der Waals surface area (Å²) in [5.74, 6) is 0.540. The summed E-state index contributed by atoms with van der Waals surface area (Å²) >= 11 is 0. The fourth-order valence-corrected chi connectivity index (χ4v) is 2.41. The lowest BCUT2D eigenvalue weighted by Crippen LogP contribution is -2.07. The number of anilines is 3. The summed E-state index contributed by atoms with van der Waals surface area (Å²) in [6, 6.07) is 15.1. The monoisotopic (exact) mass is 349 g/mol. The highest BCUT2D eigenvalue weighted by Gasteiger charge is 2.07. The van der Waals surface area contributed by atoms with Crippen molar-refractivity contribution in [3.05, 3.63) is 71.4 Å². The maximum atomic E-state index is 11.6. The van der Waals surface area contributed by atoms with Crippen molar-refractivity contribution in [3.63, 3.8) is 0 Å². The summed E-state index contributed by atoms with van der Waals surface area (Å²) in [6.07, 6.45) is 1.56. The molecule has 2 N–H and O–H groups in total. The summed E-state index contributed by atoms with van der Waals surface area (Å²) in [4.78, 5) is 16.0. The highest BCUT2D eigenvalue weighted by atomic mass is 16.5. The lowest BCUT2D eigenvalue weighted by Gasteiger charge is -2.09. The van der Waals surface area contributed by atoms with Crippen LogP contribution >= 0.6 is 0 Å². The molecule has 0 unspecified atom stereocenters. The van der Waals surface area contributed by atoms with Gasteiger partial charge in [0, 0.05) is 12.2 Å². The molecule has 1 aromatic heterocycles. The van der Waals surface area contributed by atoms with E-state index < -0.39 is 5.97 Å². The second kappa shape index (κ2) is 8.06. The van der Waals surface area contributed by atoms with Gasteiger partial charge in [0.15, 0.2) is 5.82 Å². The summed E-state index contributed by atoms with van der Waals surface area (Å²) < 4.78 is 4.72. The average Bonchev–Trinajstić information content (AvgIpc) is 2.67. The van der Waals surface area contributed by atoms with Crippen LogP contribution in [0.4, 0.5) is 17.5 Å². The highest BCUT2D eigenvalue weighted by molar-refractivity contribution is 5.90. The molecule has 0 bridgehead atoms. The lowest BCUT2D eigenvalue weighted by molar-refractivity contribution is 0.0601. The van der Waals surface area contributed by atoms with Crippen LogP contribution in [0.2, 0.25) is 0 Å². The molecule has 0 fully saturated rings. The topological polar surface area (TPSA) is 89.0 Å². The van der Waals surface area contributed by atoms with Crippen molar-refractivity contribution < 1.29 is 9.53 Å². The van der Waals surface area contributed by atoms with Gasteiger partial charge in [0.25, 0.3) is 0 Å². The van der Waals surface area contributed by atoms with Gasteiger partial charge in [-0.15, -0.1) is 5.10 Å². The minimum absolute atomic E-state index is 0.335. The largest absolute Gasteiger partial charge is 0.465 e. The van der Waals surface area contributed by atoms with E-state index in [1.165, 1.54) is 18.2 Å². The molecule has 0 amide bonds. The molecule has 2 aromatic carbocycles. The zero-order valence-electron chi connectivity index (χ0n) is 14.6. The Balaban J connectivity index is 1.70. The molecule has 0 saturated carbocycles. The molecule has 3 aromatic rings. The zero-order valence-corrected chi connectivity index (χ0v) is 14.6. The van der Waals surface area contributed by atoms with E-state index in [0.717, 1.165) is 0 Å². The standard InChI is InChI=1S/C19H19N5O2/c1-13-6-3-4-7-15(13)11-20-17-12-21-24-19(23-17)22-16-9-5-8-14(10-16)18(25)26-2/h3-10,12H,11H2,1-2H3,(H2,20,22,23,24). The SMILES string of the molecule is COC(=O)c1cccc(Nc2nncc(NCc3ccccc3C)n2)c1. The predicted molar refractivity (Wildman–Crippen MR) is 99.4 cm³/mol. The van der Waals surface area contributed by atoms with E-state index in [1.54, 1.807) is 24.4 Å². The Morgan fingerprint density at radius 3 is 2.81 bits per heavy atom. The molecular formula is C19H19N5O2. The van der Waals surface area contributed by atoms with E-state index in [0.29, 0.717) is 29.6 Å². The first kappa shape index (κ1) is 17.3. The third-order valence-electron chi connectivity index (χ3n) is 3.82. The molecule has 0 aliphatic heterocycles. The van der Waals surface area contributed by atoms with E-state index in [4.69, 9.17) is 4.74 Å². The number of ether oxygens (including phenoxy) is 1. The molecule has 0 aliphatic carbocycles. The fraction of sp³-hybridized carbons (Fsp3) is 0.158. The molecule has 26 heavy (non-hydrogen) atoms. The average molecular weight is 349 g/mol. The fourth-order valence-electron chi connectivity index (χ4n) is 2.41. The third kappa shape index (κ3) is 4.32. The predicted octanol–water partition coefficient (Wildman–Crippen LogP) is 3.32. The summed E-state index contributed by atoms with van der Waals surface area (Å²) in [5.41, 5.74) is 3.51. The number of rotatable bonds is 6. The van der Waals surface area contributed by atoms with Gasteiger partial charge in [0.2, 0.25) is 5.95 Å². The maximum Gasteiger partial charge on any atom is 0.337 e. The van der Waals surface area contributed by atoms with Gasteiger partial charge < -0.3 is 15.4 Å².